The molecule has 2 heterocycles. The highest BCUT2D eigenvalue weighted by atomic mass is 79.9. The Morgan fingerprint density at radius 1 is 1.30 bits per heavy atom. The van der Waals surface area contributed by atoms with Crippen LogP contribution >= 0.6 is 15.9 Å². The zero-order chi connectivity index (χ0) is 15.8. The molecule has 0 spiro atoms. The van der Waals surface area contributed by atoms with Crippen molar-refractivity contribution in [3.05, 3.63) is 46.7 Å². The second kappa shape index (κ2) is 5.73. The quantitative estimate of drug-likeness (QED) is 0.763. The van der Waals surface area contributed by atoms with Gasteiger partial charge in [-0.3, -0.25) is 9.78 Å². The molecule has 116 valence electrons. The molecule has 0 saturated heterocycles. The van der Waals surface area contributed by atoms with Gasteiger partial charge in [0.05, 0.1) is 15.7 Å². The summed E-state index contributed by atoms with van der Waals surface area (Å²) in [5, 5.41) is 11.3. The maximum atomic E-state index is 12.2. The number of hydrogen-bond donors (Lipinski definition) is 1. The van der Waals surface area contributed by atoms with Crippen LogP contribution in [0.1, 0.15) is 23.3 Å². The summed E-state index contributed by atoms with van der Waals surface area (Å²) in [6.45, 7) is 0.905. The molecule has 0 aliphatic heterocycles. The summed E-state index contributed by atoms with van der Waals surface area (Å²) < 4.78 is 2.67. The number of benzene rings is 1. The fraction of sp³-hybridized carbons (Fsp3) is 0.250. The van der Waals surface area contributed by atoms with Gasteiger partial charge < -0.3 is 5.32 Å². The van der Waals surface area contributed by atoms with Gasteiger partial charge in [0.1, 0.15) is 11.2 Å². The molecule has 2 aromatic heterocycles. The van der Waals surface area contributed by atoms with E-state index < -0.39 is 0 Å². The normalized spacial score (nSPS) is 14.1. The number of halogens is 1. The van der Waals surface area contributed by atoms with Crippen LogP contribution in [0, 0.1) is 5.92 Å². The molecule has 23 heavy (non-hydrogen) atoms. The molecule has 0 unspecified atom stereocenters. The van der Waals surface area contributed by atoms with Gasteiger partial charge in [-0.05, 0) is 59.0 Å². The number of carbonyl (C=O) groups is 1. The smallest absolute Gasteiger partial charge is 0.274 e. The fourth-order valence-corrected chi connectivity index (χ4v) is 2.98. The number of pyridine rings is 1. The number of hydrogen-bond acceptors (Lipinski definition) is 4. The predicted octanol–water partition coefficient (Wildman–Crippen LogP) is 3.25. The molecule has 1 aliphatic rings. The number of aromatic nitrogens is 4. The summed E-state index contributed by atoms with van der Waals surface area (Å²) >= 11 is 3.53. The Morgan fingerprint density at radius 3 is 2.91 bits per heavy atom. The zero-order valence-corrected chi connectivity index (χ0v) is 13.8. The van der Waals surface area contributed by atoms with Gasteiger partial charge in [0.25, 0.3) is 5.91 Å². The Morgan fingerprint density at radius 2 is 2.17 bits per heavy atom. The SMILES string of the molecule is O=C(Nc1ccc2c(nnn2CC2CC2)c1Br)c1ccccn1. The van der Waals surface area contributed by atoms with Gasteiger partial charge in [-0.25, -0.2) is 4.68 Å². The number of rotatable bonds is 4. The second-order valence-corrected chi connectivity index (χ2v) is 6.47. The first-order valence-corrected chi connectivity index (χ1v) is 8.26. The molecule has 6 nitrogen and oxygen atoms in total. The number of nitrogens with one attached hydrogen (secondary N) is 1. The average molecular weight is 372 g/mol. The zero-order valence-electron chi connectivity index (χ0n) is 12.2. The summed E-state index contributed by atoms with van der Waals surface area (Å²) in [6.07, 6.45) is 4.12. The van der Waals surface area contributed by atoms with E-state index in [1.54, 1.807) is 24.4 Å². The molecule has 1 fully saturated rings. The third-order valence-electron chi connectivity index (χ3n) is 3.90. The van der Waals surface area contributed by atoms with Crippen LogP contribution in [0.5, 0.6) is 0 Å². The lowest BCUT2D eigenvalue weighted by atomic mass is 10.2. The minimum absolute atomic E-state index is 0.254. The van der Waals surface area contributed by atoms with Gasteiger partial charge in [0, 0.05) is 12.7 Å². The first kappa shape index (κ1) is 14.3. The lowest BCUT2D eigenvalue weighted by Gasteiger charge is -2.08. The molecular formula is C16H14BrN5O. The monoisotopic (exact) mass is 371 g/mol. The number of anilines is 1. The number of amides is 1. The summed E-state index contributed by atoms with van der Waals surface area (Å²) in [4.78, 5) is 16.3. The summed E-state index contributed by atoms with van der Waals surface area (Å²) in [7, 11) is 0. The maximum absolute atomic E-state index is 12.2. The van der Waals surface area contributed by atoms with Crippen LogP contribution in [-0.4, -0.2) is 25.9 Å². The van der Waals surface area contributed by atoms with E-state index in [0.717, 1.165) is 28.0 Å². The van der Waals surface area contributed by atoms with E-state index in [4.69, 9.17) is 0 Å². The molecule has 0 radical (unpaired) electrons. The topological polar surface area (TPSA) is 72.7 Å². The lowest BCUT2D eigenvalue weighted by Crippen LogP contribution is -2.13. The van der Waals surface area contributed by atoms with Crippen LogP contribution in [0.3, 0.4) is 0 Å². The molecule has 0 atom stereocenters. The van der Waals surface area contributed by atoms with Gasteiger partial charge in [-0.1, -0.05) is 11.3 Å². The first-order chi connectivity index (χ1) is 11.2. The Bertz CT molecular complexity index is 873. The molecule has 1 aliphatic carbocycles. The molecule has 0 bridgehead atoms. The van der Waals surface area contributed by atoms with Crippen molar-refractivity contribution < 1.29 is 4.79 Å². The Balaban J connectivity index is 1.63. The van der Waals surface area contributed by atoms with Crippen molar-refractivity contribution in [1.82, 2.24) is 20.0 Å². The van der Waals surface area contributed by atoms with E-state index in [1.165, 1.54) is 12.8 Å². The Hall–Kier alpha value is -2.28. The minimum atomic E-state index is -0.254. The van der Waals surface area contributed by atoms with Crippen LogP contribution in [-0.2, 0) is 6.54 Å². The average Bonchev–Trinajstić information content (AvgIpc) is 3.30. The molecule has 7 heteroatoms. The van der Waals surface area contributed by atoms with Crippen molar-refractivity contribution in [3.8, 4) is 0 Å². The van der Waals surface area contributed by atoms with Crippen LogP contribution in [0.25, 0.3) is 11.0 Å². The van der Waals surface area contributed by atoms with E-state index in [2.05, 4.69) is 36.5 Å². The van der Waals surface area contributed by atoms with Crippen molar-refractivity contribution in [2.24, 2.45) is 5.92 Å². The van der Waals surface area contributed by atoms with E-state index >= 15 is 0 Å². The fourth-order valence-electron chi connectivity index (χ4n) is 2.46. The Labute approximate surface area is 141 Å². The molecule has 1 saturated carbocycles. The van der Waals surface area contributed by atoms with Crippen molar-refractivity contribution in [1.29, 1.82) is 0 Å². The molecule has 1 N–H and O–H groups in total. The number of fused-ring (bicyclic) bond motifs is 1. The van der Waals surface area contributed by atoms with Gasteiger partial charge in [-0.15, -0.1) is 5.10 Å². The van der Waals surface area contributed by atoms with E-state index in [9.17, 15) is 4.79 Å². The minimum Gasteiger partial charge on any atom is -0.320 e. The summed E-state index contributed by atoms with van der Waals surface area (Å²) in [5.41, 5.74) is 2.76. The standard InChI is InChI=1S/C16H14BrN5O/c17-14-11(19-16(23)12-3-1-2-8-18-12)6-7-13-15(14)20-21-22(13)9-10-4-5-10/h1-3,6-8,10H,4-5,9H2,(H,19,23). The van der Waals surface area contributed by atoms with E-state index in [-0.39, 0.29) is 5.91 Å². The highest BCUT2D eigenvalue weighted by Gasteiger charge is 2.23. The van der Waals surface area contributed by atoms with E-state index in [0.29, 0.717) is 11.4 Å². The van der Waals surface area contributed by atoms with Crippen molar-refractivity contribution >= 4 is 38.6 Å². The van der Waals surface area contributed by atoms with Crippen LogP contribution < -0.4 is 5.32 Å². The number of nitrogens with zero attached hydrogens (tertiary/aromatic N) is 4. The van der Waals surface area contributed by atoms with Gasteiger partial charge >= 0.3 is 0 Å². The third-order valence-corrected chi connectivity index (χ3v) is 4.70. The molecule has 1 amide bonds. The van der Waals surface area contributed by atoms with Gasteiger partial charge in [0.15, 0.2) is 0 Å². The first-order valence-electron chi connectivity index (χ1n) is 7.46. The van der Waals surface area contributed by atoms with Gasteiger partial charge in [0.2, 0.25) is 0 Å². The highest BCUT2D eigenvalue weighted by molar-refractivity contribution is 9.10. The van der Waals surface area contributed by atoms with Crippen LogP contribution in [0.2, 0.25) is 0 Å². The summed E-state index contributed by atoms with van der Waals surface area (Å²) in [5.74, 6) is 0.471. The molecule has 3 aromatic rings. The van der Waals surface area contributed by atoms with Crippen LogP contribution in [0.15, 0.2) is 41.0 Å². The highest BCUT2D eigenvalue weighted by Crippen LogP contribution is 2.34. The van der Waals surface area contributed by atoms with Crippen molar-refractivity contribution in [3.63, 3.8) is 0 Å². The van der Waals surface area contributed by atoms with Crippen molar-refractivity contribution in [2.75, 3.05) is 5.32 Å². The van der Waals surface area contributed by atoms with E-state index in [1.807, 2.05) is 16.8 Å². The third kappa shape index (κ3) is 2.84. The second-order valence-electron chi connectivity index (χ2n) is 5.68. The van der Waals surface area contributed by atoms with Gasteiger partial charge in [-0.2, -0.15) is 0 Å². The number of carbonyl (C=O) groups excluding carboxylic acids is 1. The predicted molar refractivity (Wildman–Crippen MR) is 90.1 cm³/mol. The lowest BCUT2D eigenvalue weighted by molar-refractivity contribution is 0.102. The molecular weight excluding hydrogens is 358 g/mol. The summed E-state index contributed by atoms with van der Waals surface area (Å²) in [6, 6.07) is 9.03. The largest absolute Gasteiger partial charge is 0.320 e. The maximum Gasteiger partial charge on any atom is 0.274 e. The van der Waals surface area contributed by atoms with Crippen molar-refractivity contribution in [2.45, 2.75) is 19.4 Å². The van der Waals surface area contributed by atoms with Crippen LogP contribution in [0.4, 0.5) is 5.69 Å². The Kier molecular flexibility index (Phi) is 3.57. The molecule has 1 aromatic carbocycles. The molecule has 4 rings (SSSR count).